The summed E-state index contributed by atoms with van der Waals surface area (Å²) >= 11 is 0. The smallest absolute Gasteiger partial charge is 0.412 e. The van der Waals surface area contributed by atoms with Crippen LogP contribution in [-0.2, 0) is 20.9 Å². The molecule has 2 amide bonds. The van der Waals surface area contributed by atoms with Gasteiger partial charge in [0.1, 0.15) is 24.1 Å². The number of nitrogens with zero attached hydrogens (tertiary/aromatic N) is 2. The van der Waals surface area contributed by atoms with Gasteiger partial charge in [0.25, 0.3) is 0 Å². The first-order valence-corrected chi connectivity index (χ1v) is 20.9. The van der Waals surface area contributed by atoms with Crippen LogP contribution in [0.15, 0.2) is 78.5 Å². The third-order valence-corrected chi connectivity index (χ3v) is 11.4. The third kappa shape index (κ3) is 9.71. The topological polar surface area (TPSA) is 167 Å². The second-order valence-electron chi connectivity index (χ2n) is 15.1. The van der Waals surface area contributed by atoms with Gasteiger partial charge in [-0.1, -0.05) is 42.3 Å². The largest absolute Gasteiger partial charge is 0.459 e. The van der Waals surface area contributed by atoms with Crippen LogP contribution in [0.4, 0.5) is 9.59 Å². The van der Waals surface area contributed by atoms with Crippen LogP contribution in [0.3, 0.4) is 0 Å². The molecule has 0 bridgehead atoms. The molecule has 2 heterocycles. The molecule has 4 aliphatic rings. The Morgan fingerprint density at radius 2 is 1.78 bits per heavy atom. The Balaban J connectivity index is 1.58. The standard InChI is InChI=1S/C45H59N3O11/c1-5-9-23-53-44(52)48(28-30-16-18-38-39(24-30)55-29-54-38)40-27-36(47-57-8-4)34-25-31(14-10-12-20-49)33(15-11-13-21-50)41-35-26-32(58-43(51)46-7-3)17-19-37(35)59-45(40,42(34)41)56-22-6-2/h5-6,16-19,24-26,31,33,40-42,49-50H,1-2,7-15,20-23,27-29H2,3-4H3,(H,46,51)/t31-,33+,40-,41+,42+,45+/m0/s1. The summed E-state index contributed by atoms with van der Waals surface area (Å²) in [4.78, 5) is 34.8. The first-order chi connectivity index (χ1) is 28.8. The van der Waals surface area contributed by atoms with E-state index in [1.807, 2.05) is 38.1 Å². The molecule has 6 rings (SSSR count). The lowest BCUT2D eigenvalue weighted by atomic mass is 9.55. The van der Waals surface area contributed by atoms with Gasteiger partial charge in [0.2, 0.25) is 12.6 Å². The highest BCUT2D eigenvalue weighted by Crippen LogP contribution is 2.62. The number of fused-ring (bicyclic) bond motifs is 3. The molecular formula is C45H59N3O11. The molecular weight excluding hydrogens is 759 g/mol. The number of benzene rings is 2. The van der Waals surface area contributed by atoms with Crippen molar-refractivity contribution in [1.29, 1.82) is 0 Å². The number of ether oxygens (including phenoxy) is 6. The summed E-state index contributed by atoms with van der Waals surface area (Å²) in [5.41, 5.74) is 3.14. The lowest BCUT2D eigenvalue weighted by Crippen LogP contribution is -2.70. The molecule has 59 heavy (non-hydrogen) atoms. The minimum absolute atomic E-state index is 0.0167. The maximum Gasteiger partial charge on any atom is 0.412 e. The number of aliphatic hydroxyl groups excluding tert-OH is 2. The lowest BCUT2D eigenvalue weighted by molar-refractivity contribution is -0.256. The summed E-state index contributed by atoms with van der Waals surface area (Å²) in [6.45, 7) is 12.8. The second kappa shape index (κ2) is 20.8. The van der Waals surface area contributed by atoms with Gasteiger partial charge >= 0.3 is 12.2 Å². The van der Waals surface area contributed by atoms with E-state index < -0.39 is 29.9 Å². The van der Waals surface area contributed by atoms with Crippen LogP contribution in [0.1, 0.15) is 82.3 Å². The van der Waals surface area contributed by atoms with E-state index in [1.54, 1.807) is 29.2 Å². The molecule has 2 aromatic carbocycles. The predicted octanol–water partition coefficient (Wildman–Crippen LogP) is 7.39. The molecule has 0 spiro atoms. The van der Waals surface area contributed by atoms with E-state index in [9.17, 15) is 19.8 Å². The zero-order valence-electron chi connectivity index (χ0n) is 34.3. The van der Waals surface area contributed by atoms with E-state index in [0.717, 1.165) is 42.4 Å². The van der Waals surface area contributed by atoms with Crippen LogP contribution < -0.4 is 24.3 Å². The maximum atomic E-state index is 14.6. The summed E-state index contributed by atoms with van der Waals surface area (Å²) in [6.07, 6.45) is 9.50. The van der Waals surface area contributed by atoms with Crippen LogP contribution in [0.2, 0.25) is 0 Å². The van der Waals surface area contributed by atoms with E-state index in [2.05, 4.69) is 24.6 Å². The van der Waals surface area contributed by atoms with Crippen molar-refractivity contribution in [3.05, 3.63) is 84.5 Å². The number of nitrogens with one attached hydrogen (secondary N) is 1. The number of carbonyl (C=O) groups is 2. The number of unbranched alkanes of at least 4 members (excludes halogenated alkanes) is 2. The van der Waals surface area contributed by atoms with Crippen molar-refractivity contribution in [2.24, 2.45) is 22.9 Å². The number of amides is 2. The maximum absolute atomic E-state index is 14.6. The number of carbonyl (C=O) groups excluding carboxylic acids is 2. The van der Waals surface area contributed by atoms with Crippen LogP contribution in [0.5, 0.6) is 23.0 Å². The number of aliphatic hydroxyl groups is 2. The van der Waals surface area contributed by atoms with E-state index in [-0.39, 0.29) is 63.9 Å². The van der Waals surface area contributed by atoms with Crippen molar-refractivity contribution in [3.8, 4) is 23.0 Å². The molecule has 0 radical (unpaired) electrons. The predicted molar refractivity (Wildman–Crippen MR) is 221 cm³/mol. The summed E-state index contributed by atoms with van der Waals surface area (Å²) in [6, 6.07) is 10.1. The number of hydrogen-bond acceptors (Lipinski definition) is 12. The molecule has 14 heteroatoms. The van der Waals surface area contributed by atoms with Crippen molar-refractivity contribution in [2.75, 3.05) is 46.4 Å². The molecule has 2 aromatic rings. The first-order valence-electron chi connectivity index (χ1n) is 20.9. The van der Waals surface area contributed by atoms with Gasteiger partial charge in [-0.2, -0.15) is 0 Å². The highest BCUT2D eigenvalue weighted by molar-refractivity contribution is 6.03. The van der Waals surface area contributed by atoms with Gasteiger partial charge in [-0.15, -0.1) is 13.2 Å². The number of allylic oxidation sites excluding steroid dienone is 1. The van der Waals surface area contributed by atoms with E-state index in [4.69, 9.17) is 38.4 Å². The van der Waals surface area contributed by atoms with Crippen molar-refractivity contribution in [2.45, 2.75) is 89.5 Å². The zero-order chi connectivity index (χ0) is 41.8. The Labute approximate surface area is 346 Å². The molecule has 3 N–H and O–H groups in total. The normalized spacial score (nSPS) is 24.2. The summed E-state index contributed by atoms with van der Waals surface area (Å²) in [7, 11) is 0. The fourth-order valence-corrected chi connectivity index (χ4v) is 8.99. The minimum Gasteiger partial charge on any atom is -0.459 e. The van der Waals surface area contributed by atoms with Crippen LogP contribution in [0, 0.1) is 17.8 Å². The van der Waals surface area contributed by atoms with E-state index in [1.165, 1.54) is 0 Å². The highest BCUT2D eigenvalue weighted by atomic mass is 16.7. The van der Waals surface area contributed by atoms with E-state index >= 15 is 0 Å². The third-order valence-electron chi connectivity index (χ3n) is 11.4. The number of hydrogen-bond donors (Lipinski definition) is 3. The fraction of sp³-hybridized carbons (Fsp3) is 0.533. The minimum atomic E-state index is -1.51. The Morgan fingerprint density at radius 1 is 1.00 bits per heavy atom. The van der Waals surface area contributed by atoms with Gasteiger partial charge < -0.3 is 48.8 Å². The van der Waals surface area contributed by atoms with Crippen molar-refractivity contribution < 1.29 is 53.1 Å². The summed E-state index contributed by atoms with van der Waals surface area (Å²) in [5.74, 6) is -0.284. The van der Waals surface area contributed by atoms with Gasteiger partial charge in [-0.25, -0.2) is 9.59 Å². The molecule has 0 aromatic heterocycles. The molecule has 1 fully saturated rings. The first kappa shape index (κ1) is 43.5. The molecule has 2 aliphatic heterocycles. The SMILES string of the molecule is C=CCCOC(=O)N(Cc1ccc2c(c1)OCO2)[C@H]1CC(=NOCC)C2=C[C@H](CCCCO)[C@@H](CCCCO)[C@@H]3c4cc(OC(=O)NCC)ccc4O[C@@]1(OCC=C)[C@H]23. The number of rotatable bonds is 21. The molecule has 0 unspecified atom stereocenters. The quantitative estimate of drug-likeness (QED) is 0.0653. The van der Waals surface area contributed by atoms with Gasteiger partial charge in [0, 0.05) is 44.2 Å². The summed E-state index contributed by atoms with van der Waals surface area (Å²) in [5, 5.41) is 27.2. The molecule has 14 nitrogen and oxygen atoms in total. The Bertz CT molecular complexity index is 1850. The van der Waals surface area contributed by atoms with Crippen LogP contribution >= 0.6 is 0 Å². The van der Waals surface area contributed by atoms with Gasteiger partial charge in [0.15, 0.2) is 11.5 Å². The van der Waals surface area contributed by atoms with Crippen molar-refractivity contribution >= 4 is 17.9 Å². The molecule has 6 atom stereocenters. The fourth-order valence-electron chi connectivity index (χ4n) is 8.99. The van der Waals surface area contributed by atoms with Gasteiger partial charge in [-0.05, 0) is 99.3 Å². The molecule has 320 valence electrons. The van der Waals surface area contributed by atoms with Crippen LogP contribution in [-0.4, -0.2) is 91.2 Å². The monoisotopic (exact) mass is 817 g/mol. The van der Waals surface area contributed by atoms with Crippen molar-refractivity contribution in [3.63, 3.8) is 0 Å². The number of oxime groups is 1. The van der Waals surface area contributed by atoms with Gasteiger partial charge in [0.05, 0.1) is 24.8 Å². The average molecular weight is 818 g/mol. The Morgan fingerprint density at radius 3 is 2.53 bits per heavy atom. The zero-order valence-corrected chi connectivity index (χ0v) is 34.3. The second-order valence-corrected chi connectivity index (χ2v) is 15.1. The highest BCUT2D eigenvalue weighted by Gasteiger charge is 2.65. The van der Waals surface area contributed by atoms with Gasteiger partial charge in [-0.3, -0.25) is 4.90 Å². The molecule has 2 aliphatic carbocycles. The lowest BCUT2D eigenvalue weighted by Gasteiger charge is -2.59. The van der Waals surface area contributed by atoms with Crippen molar-refractivity contribution in [1.82, 2.24) is 10.2 Å². The van der Waals surface area contributed by atoms with E-state index in [0.29, 0.717) is 61.1 Å². The Kier molecular flexibility index (Phi) is 15.3. The summed E-state index contributed by atoms with van der Waals surface area (Å²) < 4.78 is 37.3. The average Bonchev–Trinajstić information content (AvgIpc) is 3.71. The molecule has 1 saturated carbocycles. The van der Waals surface area contributed by atoms with Crippen LogP contribution in [0.25, 0.3) is 0 Å². The Hall–Kier alpha value is -5.05. The molecule has 0 saturated heterocycles.